The van der Waals surface area contributed by atoms with Gasteiger partial charge in [-0.3, -0.25) is 9.67 Å². The quantitative estimate of drug-likeness (QED) is 0.725. The van der Waals surface area contributed by atoms with Crippen molar-refractivity contribution in [2.24, 2.45) is 7.05 Å². The molecule has 28 heavy (non-hydrogen) atoms. The van der Waals surface area contributed by atoms with Gasteiger partial charge >= 0.3 is 0 Å². The van der Waals surface area contributed by atoms with Crippen LogP contribution >= 0.6 is 0 Å². The number of nitrogens with zero attached hydrogens (tertiary/aromatic N) is 4. The number of benzene rings is 1. The predicted octanol–water partition coefficient (Wildman–Crippen LogP) is 2.68. The monoisotopic (exact) mass is 403 g/mol. The fourth-order valence-electron chi connectivity index (χ4n) is 3.59. The summed E-state index contributed by atoms with van der Waals surface area (Å²) in [6.45, 7) is 2.74. The molecule has 0 amide bonds. The first-order valence-corrected chi connectivity index (χ1v) is 10.6. The van der Waals surface area contributed by atoms with Crippen LogP contribution in [0.2, 0.25) is 0 Å². The first-order chi connectivity index (χ1) is 13.3. The van der Waals surface area contributed by atoms with Crippen molar-refractivity contribution in [3.05, 3.63) is 48.2 Å². The first kappa shape index (κ1) is 18.8. The number of fused-ring (bicyclic) bond motifs is 1. The number of hydrogen-bond donors (Lipinski definition) is 1. The molecule has 1 aliphatic rings. The average molecular weight is 403 g/mol. The number of halogens is 1. The number of aromatic nitrogens is 3. The van der Waals surface area contributed by atoms with Gasteiger partial charge < -0.3 is 5.32 Å². The smallest absolute Gasteiger partial charge is 0.246 e. The maximum atomic E-state index is 13.7. The third kappa shape index (κ3) is 3.59. The molecule has 0 radical (unpaired) electrons. The molecule has 3 aromatic rings. The van der Waals surface area contributed by atoms with E-state index in [1.165, 1.54) is 33.5 Å². The molecule has 0 bridgehead atoms. The molecule has 9 heteroatoms. The summed E-state index contributed by atoms with van der Waals surface area (Å²) in [6, 6.07) is 6.56. The van der Waals surface area contributed by atoms with E-state index in [0.29, 0.717) is 25.9 Å². The van der Waals surface area contributed by atoms with Crippen molar-refractivity contribution in [1.82, 2.24) is 19.1 Å². The van der Waals surface area contributed by atoms with E-state index in [1.807, 2.05) is 13.0 Å². The van der Waals surface area contributed by atoms with Gasteiger partial charge in [0.1, 0.15) is 10.7 Å². The molecule has 1 N–H and O–H groups in total. The van der Waals surface area contributed by atoms with Gasteiger partial charge in [-0.1, -0.05) is 0 Å². The van der Waals surface area contributed by atoms with Crippen molar-refractivity contribution < 1.29 is 12.8 Å². The Bertz CT molecular complexity index is 1120. The highest BCUT2D eigenvalue weighted by Crippen LogP contribution is 2.27. The fraction of sp³-hybridized carbons (Fsp3) is 0.368. The summed E-state index contributed by atoms with van der Waals surface area (Å²) < 4.78 is 42.1. The van der Waals surface area contributed by atoms with E-state index in [1.54, 1.807) is 13.1 Å². The number of piperidine rings is 1. The largest absolute Gasteiger partial charge is 0.382 e. The molecule has 2 aromatic heterocycles. The molecule has 0 atom stereocenters. The molecule has 0 aliphatic carbocycles. The molecule has 0 unspecified atom stereocenters. The summed E-state index contributed by atoms with van der Waals surface area (Å²) >= 11 is 0. The second-order valence-electron chi connectivity index (χ2n) is 7.15. The SMILES string of the molecule is Cc1cc(NC2CCN(S(=O)(=O)c3cnn(C)c3)CC2)c2cc(F)ccc2n1. The average Bonchev–Trinajstić information content (AvgIpc) is 3.10. The predicted molar refractivity (Wildman–Crippen MR) is 105 cm³/mol. The Morgan fingerprint density at radius 3 is 2.64 bits per heavy atom. The second kappa shape index (κ2) is 7.14. The maximum Gasteiger partial charge on any atom is 0.246 e. The van der Waals surface area contributed by atoms with Crippen molar-refractivity contribution in [2.75, 3.05) is 18.4 Å². The second-order valence-corrected chi connectivity index (χ2v) is 9.08. The first-order valence-electron chi connectivity index (χ1n) is 9.15. The van der Waals surface area contributed by atoms with Gasteiger partial charge in [-0.2, -0.15) is 9.40 Å². The van der Waals surface area contributed by atoms with E-state index < -0.39 is 10.0 Å². The van der Waals surface area contributed by atoms with Crippen LogP contribution in [0.4, 0.5) is 10.1 Å². The van der Waals surface area contributed by atoms with Crippen LogP contribution in [0.1, 0.15) is 18.5 Å². The fourth-order valence-corrected chi connectivity index (χ4v) is 5.05. The summed E-state index contributed by atoms with van der Waals surface area (Å²) in [5.41, 5.74) is 2.41. The Morgan fingerprint density at radius 2 is 1.96 bits per heavy atom. The van der Waals surface area contributed by atoms with E-state index >= 15 is 0 Å². The summed E-state index contributed by atoms with van der Waals surface area (Å²) in [5.74, 6) is -0.307. The number of nitrogens with one attached hydrogen (secondary N) is 1. The van der Waals surface area contributed by atoms with E-state index in [4.69, 9.17) is 0 Å². The Labute approximate surface area is 163 Å². The van der Waals surface area contributed by atoms with Crippen LogP contribution in [-0.4, -0.2) is 46.6 Å². The molecule has 0 spiro atoms. The zero-order valence-corrected chi connectivity index (χ0v) is 16.6. The number of aryl methyl sites for hydroxylation is 2. The van der Waals surface area contributed by atoms with Gasteiger partial charge in [0.05, 0.1) is 11.7 Å². The Morgan fingerprint density at radius 1 is 1.21 bits per heavy atom. The molecule has 1 saturated heterocycles. The minimum Gasteiger partial charge on any atom is -0.382 e. The third-order valence-corrected chi connectivity index (χ3v) is 6.88. The van der Waals surface area contributed by atoms with E-state index in [-0.39, 0.29) is 16.8 Å². The van der Waals surface area contributed by atoms with Gasteiger partial charge in [0, 0.05) is 49.1 Å². The van der Waals surface area contributed by atoms with Gasteiger partial charge in [-0.15, -0.1) is 0 Å². The van der Waals surface area contributed by atoms with E-state index in [2.05, 4.69) is 15.4 Å². The minimum absolute atomic E-state index is 0.105. The lowest BCUT2D eigenvalue weighted by molar-refractivity contribution is 0.330. The van der Waals surface area contributed by atoms with Gasteiger partial charge in [-0.05, 0) is 44.0 Å². The van der Waals surface area contributed by atoms with Crippen molar-refractivity contribution in [3.63, 3.8) is 0 Å². The van der Waals surface area contributed by atoms with Crippen LogP contribution < -0.4 is 5.32 Å². The van der Waals surface area contributed by atoms with Crippen molar-refractivity contribution >= 4 is 26.6 Å². The molecule has 148 valence electrons. The molecule has 1 fully saturated rings. The minimum atomic E-state index is -3.52. The zero-order chi connectivity index (χ0) is 19.9. The van der Waals surface area contributed by atoms with E-state index in [0.717, 1.165) is 22.3 Å². The van der Waals surface area contributed by atoms with Crippen LogP contribution in [0.15, 0.2) is 41.6 Å². The highest BCUT2D eigenvalue weighted by Gasteiger charge is 2.30. The summed E-state index contributed by atoms with van der Waals surface area (Å²) in [5, 5.41) is 8.15. The molecular weight excluding hydrogens is 381 g/mol. The van der Waals surface area contributed by atoms with Crippen LogP contribution in [0.25, 0.3) is 10.9 Å². The number of hydrogen-bond acceptors (Lipinski definition) is 5. The van der Waals surface area contributed by atoms with Crippen LogP contribution in [0.5, 0.6) is 0 Å². The van der Waals surface area contributed by atoms with Crippen LogP contribution in [0.3, 0.4) is 0 Å². The van der Waals surface area contributed by atoms with E-state index in [9.17, 15) is 12.8 Å². The molecule has 1 aliphatic heterocycles. The lowest BCUT2D eigenvalue weighted by Crippen LogP contribution is -2.42. The van der Waals surface area contributed by atoms with Gasteiger partial charge in [0.15, 0.2) is 0 Å². The van der Waals surface area contributed by atoms with Gasteiger partial charge in [-0.25, -0.2) is 12.8 Å². The molecule has 1 aromatic carbocycles. The third-order valence-electron chi connectivity index (χ3n) is 5.03. The molecule has 3 heterocycles. The Kier molecular flexibility index (Phi) is 4.80. The van der Waals surface area contributed by atoms with Crippen LogP contribution in [-0.2, 0) is 17.1 Å². The van der Waals surface area contributed by atoms with Crippen molar-refractivity contribution in [2.45, 2.75) is 30.7 Å². The van der Waals surface area contributed by atoms with Crippen molar-refractivity contribution in [3.8, 4) is 0 Å². The van der Waals surface area contributed by atoms with Crippen LogP contribution in [0, 0.1) is 12.7 Å². The summed E-state index contributed by atoms with van der Waals surface area (Å²) in [4.78, 5) is 4.66. The molecular formula is C19H22FN5O2S. The standard InChI is InChI=1S/C19H22FN5O2S/c1-13-9-19(17-10-14(20)3-4-18(17)22-13)23-15-5-7-25(8-6-15)28(26,27)16-11-21-24(2)12-16/h3-4,9-12,15H,5-8H2,1-2H3,(H,22,23). The summed E-state index contributed by atoms with van der Waals surface area (Å²) in [7, 11) is -1.83. The lowest BCUT2D eigenvalue weighted by atomic mass is 10.1. The number of anilines is 1. The van der Waals surface area contributed by atoms with Gasteiger partial charge in [0.25, 0.3) is 0 Å². The number of rotatable bonds is 4. The highest BCUT2D eigenvalue weighted by molar-refractivity contribution is 7.89. The normalized spacial score (nSPS) is 16.5. The topological polar surface area (TPSA) is 80.1 Å². The number of sulfonamides is 1. The highest BCUT2D eigenvalue weighted by atomic mass is 32.2. The Hall–Kier alpha value is -2.52. The summed E-state index contributed by atoms with van der Waals surface area (Å²) in [6.07, 6.45) is 4.22. The maximum absolute atomic E-state index is 13.7. The lowest BCUT2D eigenvalue weighted by Gasteiger charge is -2.32. The Balaban J connectivity index is 1.49. The molecule has 7 nitrogen and oxygen atoms in total. The molecule has 0 saturated carbocycles. The number of pyridine rings is 1. The molecule has 4 rings (SSSR count). The zero-order valence-electron chi connectivity index (χ0n) is 15.8. The van der Waals surface area contributed by atoms with Crippen molar-refractivity contribution in [1.29, 1.82) is 0 Å². The van der Waals surface area contributed by atoms with Gasteiger partial charge in [0.2, 0.25) is 10.0 Å².